The molecule has 2 heteroatoms. The van der Waals surface area contributed by atoms with E-state index in [2.05, 4.69) is 52.9 Å². The van der Waals surface area contributed by atoms with Crippen molar-refractivity contribution in [3.05, 3.63) is 11.6 Å². The van der Waals surface area contributed by atoms with E-state index in [9.17, 15) is 4.79 Å². The Bertz CT molecular complexity index is 371. The van der Waals surface area contributed by atoms with Crippen molar-refractivity contribution in [2.45, 2.75) is 99.5 Å². The molecule has 0 aromatic carbocycles. The van der Waals surface area contributed by atoms with E-state index in [1.54, 1.807) is 0 Å². The molecule has 0 saturated carbocycles. The van der Waals surface area contributed by atoms with E-state index in [1.807, 2.05) is 13.8 Å². The number of ketones is 1. The van der Waals surface area contributed by atoms with Crippen molar-refractivity contribution in [3.8, 4) is 0 Å². The Balaban J connectivity index is 5.12. The lowest BCUT2D eigenvalue weighted by Gasteiger charge is -2.36. The summed E-state index contributed by atoms with van der Waals surface area (Å²) in [5.41, 5.74) is 1.08. The van der Waals surface area contributed by atoms with Crippen LogP contribution < -0.4 is 5.32 Å². The number of nitrogens with one attached hydrogen (secondary N) is 1. The Morgan fingerprint density at radius 2 is 1.50 bits per heavy atom. The topological polar surface area (TPSA) is 29.1 Å². The zero-order valence-electron chi connectivity index (χ0n) is 17.7. The fourth-order valence-corrected chi connectivity index (χ4v) is 3.31. The van der Waals surface area contributed by atoms with E-state index in [4.69, 9.17) is 0 Å². The molecule has 2 atom stereocenters. The maximum atomic E-state index is 12.5. The van der Waals surface area contributed by atoms with Crippen LogP contribution in [0.25, 0.3) is 0 Å². The minimum Gasteiger partial charge on any atom is -0.307 e. The largest absolute Gasteiger partial charge is 0.307 e. The average Bonchev–Trinajstić information content (AvgIpc) is 2.53. The van der Waals surface area contributed by atoms with Crippen molar-refractivity contribution in [1.29, 1.82) is 0 Å². The Hall–Kier alpha value is -0.630. The van der Waals surface area contributed by atoms with Crippen LogP contribution >= 0.6 is 0 Å². The maximum absolute atomic E-state index is 12.5. The number of rotatable bonds is 13. The van der Waals surface area contributed by atoms with Crippen molar-refractivity contribution in [2.75, 3.05) is 6.54 Å². The third-order valence-corrected chi connectivity index (χ3v) is 5.22. The van der Waals surface area contributed by atoms with Gasteiger partial charge < -0.3 is 5.32 Å². The van der Waals surface area contributed by atoms with Crippen LogP contribution in [-0.4, -0.2) is 17.9 Å². The second kappa shape index (κ2) is 11.8. The molecular weight excluding hydrogens is 294 g/mol. The van der Waals surface area contributed by atoms with Crippen LogP contribution in [0, 0.1) is 17.8 Å². The number of hydrogen-bond donors (Lipinski definition) is 1. The number of carbonyl (C=O) groups is 1. The molecule has 142 valence electrons. The van der Waals surface area contributed by atoms with Gasteiger partial charge in [-0.15, -0.1) is 0 Å². The molecule has 24 heavy (non-hydrogen) atoms. The molecule has 2 unspecified atom stereocenters. The van der Waals surface area contributed by atoms with E-state index in [-0.39, 0.29) is 11.5 Å². The van der Waals surface area contributed by atoms with Gasteiger partial charge in [0.25, 0.3) is 0 Å². The van der Waals surface area contributed by atoms with Gasteiger partial charge in [0.2, 0.25) is 0 Å². The van der Waals surface area contributed by atoms with Gasteiger partial charge in [0.05, 0.1) is 0 Å². The Labute approximate surface area is 151 Å². The number of hydrogen-bond acceptors (Lipinski definition) is 2. The van der Waals surface area contributed by atoms with Crippen molar-refractivity contribution in [3.63, 3.8) is 0 Å². The van der Waals surface area contributed by atoms with Crippen molar-refractivity contribution >= 4 is 5.78 Å². The summed E-state index contributed by atoms with van der Waals surface area (Å²) in [6, 6.07) is 0. The van der Waals surface area contributed by atoms with E-state index in [0.29, 0.717) is 24.2 Å². The first-order chi connectivity index (χ1) is 11.2. The predicted octanol–water partition coefficient (Wildman–Crippen LogP) is 6.16. The van der Waals surface area contributed by atoms with Crippen LogP contribution in [0.1, 0.15) is 93.9 Å². The molecule has 0 saturated heterocycles. The third kappa shape index (κ3) is 9.01. The van der Waals surface area contributed by atoms with E-state index < -0.39 is 0 Å². The number of carbonyl (C=O) groups excluding carboxylic acids is 1. The van der Waals surface area contributed by atoms with Crippen molar-refractivity contribution < 1.29 is 4.79 Å². The summed E-state index contributed by atoms with van der Waals surface area (Å²) in [6.07, 6.45) is 9.00. The fourth-order valence-electron chi connectivity index (χ4n) is 3.31. The zero-order chi connectivity index (χ0) is 18.8. The Morgan fingerprint density at radius 1 is 1.00 bits per heavy atom. The van der Waals surface area contributed by atoms with Crippen LogP contribution in [0.4, 0.5) is 0 Å². The summed E-state index contributed by atoms with van der Waals surface area (Å²) in [7, 11) is 0. The molecule has 0 aliphatic carbocycles. The molecular formula is C22H43NO. The molecule has 0 aromatic heterocycles. The van der Waals surface area contributed by atoms with Gasteiger partial charge in [-0.05, 0) is 38.0 Å². The van der Waals surface area contributed by atoms with Crippen LogP contribution in [-0.2, 0) is 4.79 Å². The third-order valence-electron chi connectivity index (χ3n) is 5.22. The molecule has 0 spiro atoms. The standard InChI is InChI=1S/C22H43NO/c1-9-12-13-20(21(24)17(4)5)16-23-22(8,14-18(6)10-2)15-19(7)11-3/h13,17-19,23H,9-12,14-16H2,1-8H3/b20-13-. The number of unbranched alkanes of at least 4 members (excludes halogenated alkanes) is 1. The molecule has 0 bridgehead atoms. The SMILES string of the molecule is CCC/C=C(/CNC(C)(CC(C)CC)CC(C)CC)C(=O)C(C)C. The second-order valence-corrected chi connectivity index (χ2v) is 8.39. The average molecular weight is 338 g/mol. The normalized spacial score (nSPS) is 17.6. The second-order valence-electron chi connectivity index (χ2n) is 8.39. The molecule has 0 fully saturated rings. The Morgan fingerprint density at radius 3 is 1.88 bits per heavy atom. The molecule has 2 nitrogen and oxygen atoms in total. The molecule has 0 aliphatic heterocycles. The summed E-state index contributed by atoms with van der Waals surface area (Å²) in [5, 5.41) is 3.78. The van der Waals surface area contributed by atoms with Gasteiger partial charge >= 0.3 is 0 Å². The summed E-state index contributed by atoms with van der Waals surface area (Å²) in [6.45, 7) is 18.4. The molecule has 0 radical (unpaired) electrons. The van der Waals surface area contributed by atoms with Gasteiger partial charge in [0.15, 0.2) is 5.78 Å². The fraction of sp³-hybridized carbons (Fsp3) is 0.864. The summed E-state index contributed by atoms with van der Waals surface area (Å²) in [5.74, 6) is 1.78. The molecule has 0 rings (SSSR count). The quantitative estimate of drug-likeness (QED) is 0.408. The summed E-state index contributed by atoms with van der Waals surface area (Å²) < 4.78 is 0. The van der Waals surface area contributed by atoms with E-state index in [0.717, 1.165) is 18.4 Å². The lowest BCUT2D eigenvalue weighted by Crippen LogP contribution is -2.46. The Kier molecular flexibility index (Phi) is 11.5. The lowest BCUT2D eigenvalue weighted by atomic mass is 9.80. The molecule has 0 aromatic rings. The zero-order valence-corrected chi connectivity index (χ0v) is 17.7. The van der Waals surface area contributed by atoms with Gasteiger partial charge in [0, 0.05) is 23.6 Å². The van der Waals surface area contributed by atoms with Gasteiger partial charge in [-0.2, -0.15) is 0 Å². The van der Waals surface area contributed by atoms with Gasteiger partial charge in [-0.3, -0.25) is 4.79 Å². The highest BCUT2D eigenvalue weighted by molar-refractivity contribution is 5.97. The first kappa shape index (κ1) is 23.4. The molecule has 1 N–H and O–H groups in total. The smallest absolute Gasteiger partial charge is 0.162 e. The predicted molar refractivity (Wildman–Crippen MR) is 107 cm³/mol. The number of Topliss-reactive ketones (excluding diaryl/α,β-unsaturated/α-hetero) is 1. The minimum atomic E-state index is 0.0743. The first-order valence-corrected chi connectivity index (χ1v) is 10.2. The van der Waals surface area contributed by atoms with Crippen molar-refractivity contribution in [1.82, 2.24) is 5.32 Å². The maximum Gasteiger partial charge on any atom is 0.162 e. The summed E-state index contributed by atoms with van der Waals surface area (Å²) in [4.78, 5) is 12.5. The monoisotopic (exact) mass is 337 g/mol. The highest BCUT2D eigenvalue weighted by Gasteiger charge is 2.28. The van der Waals surface area contributed by atoms with Crippen LogP contribution in [0.2, 0.25) is 0 Å². The minimum absolute atomic E-state index is 0.0743. The number of allylic oxidation sites excluding steroid dienone is 1. The molecule has 0 aliphatic rings. The van der Waals surface area contributed by atoms with E-state index in [1.165, 1.54) is 25.7 Å². The molecule has 0 heterocycles. The summed E-state index contributed by atoms with van der Waals surface area (Å²) >= 11 is 0. The van der Waals surface area contributed by atoms with E-state index >= 15 is 0 Å². The van der Waals surface area contributed by atoms with Crippen LogP contribution in [0.3, 0.4) is 0 Å². The highest BCUT2D eigenvalue weighted by atomic mass is 16.1. The van der Waals surface area contributed by atoms with Crippen LogP contribution in [0.15, 0.2) is 11.6 Å². The first-order valence-electron chi connectivity index (χ1n) is 10.2. The van der Waals surface area contributed by atoms with Crippen molar-refractivity contribution in [2.24, 2.45) is 17.8 Å². The highest BCUT2D eigenvalue weighted by Crippen LogP contribution is 2.27. The van der Waals surface area contributed by atoms with Gasteiger partial charge in [0.1, 0.15) is 0 Å². The van der Waals surface area contributed by atoms with Crippen LogP contribution in [0.5, 0.6) is 0 Å². The lowest BCUT2D eigenvalue weighted by molar-refractivity contribution is -0.118. The molecule has 0 amide bonds. The van der Waals surface area contributed by atoms with Gasteiger partial charge in [-0.1, -0.05) is 73.8 Å². The van der Waals surface area contributed by atoms with Gasteiger partial charge in [-0.25, -0.2) is 0 Å².